The van der Waals surface area contributed by atoms with Gasteiger partial charge in [0.05, 0.1) is 23.7 Å². The predicted molar refractivity (Wildman–Crippen MR) is 85.9 cm³/mol. The number of hydrogen-bond donors (Lipinski definition) is 0. The molecule has 0 radical (unpaired) electrons. The molecule has 1 saturated heterocycles. The fourth-order valence-electron chi connectivity index (χ4n) is 2.82. The van der Waals surface area contributed by atoms with Crippen LogP contribution < -0.4 is 0 Å². The van der Waals surface area contributed by atoms with Gasteiger partial charge in [-0.2, -0.15) is 4.31 Å². The van der Waals surface area contributed by atoms with Gasteiger partial charge in [-0.1, -0.05) is 0 Å². The van der Waals surface area contributed by atoms with Gasteiger partial charge in [0.15, 0.2) is 0 Å². The SMILES string of the molecule is CCO[C@H]1CCCN(S(=O)(=O)c2ccc(C(=O)OC)cc2C)C1. The summed E-state index contributed by atoms with van der Waals surface area (Å²) in [6.07, 6.45) is 1.60. The van der Waals surface area contributed by atoms with Crippen LogP contribution in [0, 0.1) is 6.92 Å². The summed E-state index contributed by atoms with van der Waals surface area (Å²) in [7, 11) is -2.30. The first-order chi connectivity index (χ1) is 10.9. The summed E-state index contributed by atoms with van der Waals surface area (Å²) in [5.41, 5.74) is 0.876. The summed E-state index contributed by atoms with van der Waals surface area (Å²) in [6, 6.07) is 4.50. The van der Waals surface area contributed by atoms with Gasteiger partial charge in [-0.25, -0.2) is 13.2 Å². The van der Waals surface area contributed by atoms with Gasteiger partial charge in [0.1, 0.15) is 0 Å². The number of carbonyl (C=O) groups excluding carboxylic acids is 1. The van der Waals surface area contributed by atoms with E-state index >= 15 is 0 Å². The van der Waals surface area contributed by atoms with Crippen molar-refractivity contribution >= 4 is 16.0 Å². The van der Waals surface area contributed by atoms with E-state index in [1.807, 2.05) is 6.92 Å². The average Bonchev–Trinajstić information content (AvgIpc) is 2.54. The molecule has 0 amide bonds. The number of aryl methyl sites for hydroxylation is 1. The fourth-order valence-corrected chi connectivity index (χ4v) is 4.53. The highest BCUT2D eigenvalue weighted by Gasteiger charge is 2.31. The maximum Gasteiger partial charge on any atom is 0.337 e. The maximum absolute atomic E-state index is 12.9. The topological polar surface area (TPSA) is 72.9 Å². The summed E-state index contributed by atoms with van der Waals surface area (Å²) in [5.74, 6) is -0.480. The van der Waals surface area contributed by atoms with Gasteiger partial charge in [0, 0.05) is 19.7 Å². The van der Waals surface area contributed by atoms with E-state index < -0.39 is 16.0 Å². The monoisotopic (exact) mass is 341 g/mol. The zero-order valence-electron chi connectivity index (χ0n) is 13.7. The number of nitrogens with zero attached hydrogens (tertiary/aromatic N) is 1. The van der Waals surface area contributed by atoms with E-state index in [0.717, 1.165) is 12.8 Å². The van der Waals surface area contributed by atoms with E-state index in [1.54, 1.807) is 13.0 Å². The molecule has 128 valence electrons. The number of piperidine rings is 1. The van der Waals surface area contributed by atoms with Crippen molar-refractivity contribution in [2.75, 3.05) is 26.8 Å². The van der Waals surface area contributed by atoms with Gasteiger partial charge in [0.2, 0.25) is 10.0 Å². The summed E-state index contributed by atoms with van der Waals surface area (Å²) in [5, 5.41) is 0. The Labute approximate surface area is 137 Å². The minimum atomic E-state index is -3.59. The Bertz CT molecular complexity index is 669. The lowest BCUT2D eigenvalue weighted by Gasteiger charge is -2.32. The zero-order chi connectivity index (χ0) is 17.0. The largest absolute Gasteiger partial charge is 0.465 e. The van der Waals surface area contributed by atoms with E-state index in [4.69, 9.17) is 4.74 Å². The molecule has 1 atom stereocenters. The number of carbonyl (C=O) groups is 1. The van der Waals surface area contributed by atoms with Crippen LogP contribution in [0.5, 0.6) is 0 Å². The van der Waals surface area contributed by atoms with Crippen LogP contribution in [0.3, 0.4) is 0 Å². The van der Waals surface area contributed by atoms with Gasteiger partial charge in [-0.05, 0) is 50.5 Å². The summed E-state index contributed by atoms with van der Waals surface area (Å²) < 4.78 is 37.4. The second-order valence-electron chi connectivity index (χ2n) is 5.55. The molecule has 0 N–H and O–H groups in total. The Hall–Kier alpha value is -1.44. The van der Waals surface area contributed by atoms with E-state index in [-0.39, 0.29) is 11.0 Å². The van der Waals surface area contributed by atoms with E-state index in [2.05, 4.69) is 4.74 Å². The van der Waals surface area contributed by atoms with Crippen LogP contribution in [-0.4, -0.2) is 51.6 Å². The number of rotatable bonds is 5. The number of esters is 1. The molecule has 2 rings (SSSR count). The summed E-state index contributed by atoms with van der Waals surface area (Å²) in [4.78, 5) is 11.8. The van der Waals surface area contributed by atoms with Gasteiger partial charge in [-0.15, -0.1) is 0 Å². The van der Waals surface area contributed by atoms with Gasteiger partial charge in [-0.3, -0.25) is 0 Å². The molecule has 0 spiro atoms. The van der Waals surface area contributed by atoms with Crippen molar-refractivity contribution in [2.24, 2.45) is 0 Å². The highest BCUT2D eigenvalue weighted by molar-refractivity contribution is 7.89. The van der Waals surface area contributed by atoms with Crippen LogP contribution in [0.1, 0.15) is 35.7 Å². The smallest absolute Gasteiger partial charge is 0.337 e. The van der Waals surface area contributed by atoms with Crippen molar-refractivity contribution in [3.05, 3.63) is 29.3 Å². The Morgan fingerprint density at radius 1 is 1.39 bits per heavy atom. The van der Waals surface area contributed by atoms with Gasteiger partial charge in [0.25, 0.3) is 0 Å². The van der Waals surface area contributed by atoms with Crippen molar-refractivity contribution in [1.82, 2.24) is 4.31 Å². The standard InChI is InChI=1S/C16H23NO5S/c1-4-22-14-6-5-9-17(11-14)23(19,20)15-8-7-13(10-12(15)2)16(18)21-3/h7-8,10,14H,4-6,9,11H2,1-3H3/t14-/m0/s1. The van der Waals surface area contributed by atoms with Crippen LogP contribution in [0.2, 0.25) is 0 Å². The molecule has 0 bridgehead atoms. The van der Waals surface area contributed by atoms with Crippen LogP contribution >= 0.6 is 0 Å². The van der Waals surface area contributed by atoms with Gasteiger partial charge < -0.3 is 9.47 Å². The van der Waals surface area contributed by atoms with Crippen molar-refractivity contribution < 1.29 is 22.7 Å². The van der Waals surface area contributed by atoms with Crippen molar-refractivity contribution in [3.8, 4) is 0 Å². The second kappa shape index (κ2) is 7.42. The van der Waals surface area contributed by atoms with E-state index in [9.17, 15) is 13.2 Å². The lowest BCUT2D eigenvalue weighted by molar-refractivity contribution is 0.0265. The Morgan fingerprint density at radius 2 is 2.13 bits per heavy atom. The molecule has 23 heavy (non-hydrogen) atoms. The lowest BCUT2D eigenvalue weighted by Crippen LogP contribution is -2.43. The second-order valence-corrected chi connectivity index (χ2v) is 7.46. The normalized spacial score (nSPS) is 19.5. The van der Waals surface area contributed by atoms with Crippen LogP contribution in [-0.2, 0) is 19.5 Å². The Morgan fingerprint density at radius 3 is 2.74 bits per heavy atom. The number of sulfonamides is 1. The molecule has 0 aromatic heterocycles. The highest BCUT2D eigenvalue weighted by atomic mass is 32.2. The molecular formula is C16H23NO5S. The molecule has 1 heterocycles. The lowest BCUT2D eigenvalue weighted by atomic mass is 10.1. The minimum Gasteiger partial charge on any atom is -0.465 e. The molecular weight excluding hydrogens is 318 g/mol. The number of hydrogen-bond acceptors (Lipinski definition) is 5. The fraction of sp³-hybridized carbons (Fsp3) is 0.562. The molecule has 6 nitrogen and oxygen atoms in total. The number of ether oxygens (including phenoxy) is 2. The van der Waals surface area contributed by atoms with E-state index in [0.29, 0.717) is 30.8 Å². The van der Waals surface area contributed by atoms with Crippen LogP contribution in [0.15, 0.2) is 23.1 Å². The van der Waals surface area contributed by atoms with Crippen LogP contribution in [0.4, 0.5) is 0 Å². The predicted octanol–water partition coefficient (Wildman–Crippen LogP) is 1.97. The Kier molecular flexibility index (Phi) is 5.78. The third-order valence-corrected chi connectivity index (χ3v) is 5.98. The maximum atomic E-state index is 12.9. The Balaban J connectivity index is 2.27. The van der Waals surface area contributed by atoms with Gasteiger partial charge >= 0.3 is 5.97 Å². The molecule has 1 fully saturated rings. The molecule has 7 heteroatoms. The molecule has 1 aromatic carbocycles. The summed E-state index contributed by atoms with van der Waals surface area (Å²) >= 11 is 0. The van der Waals surface area contributed by atoms with Crippen molar-refractivity contribution in [1.29, 1.82) is 0 Å². The molecule has 0 unspecified atom stereocenters. The zero-order valence-corrected chi connectivity index (χ0v) is 14.6. The molecule has 1 aliphatic heterocycles. The molecule has 0 saturated carbocycles. The number of benzene rings is 1. The molecule has 1 aliphatic rings. The third-order valence-electron chi connectivity index (χ3n) is 3.96. The quantitative estimate of drug-likeness (QED) is 0.766. The first-order valence-electron chi connectivity index (χ1n) is 7.70. The van der Waals surface area contributed by atoms with Crippen molar-refractivity contribution in [2.45, 2.75) is 37.7 Å². The van der Waals surface area contributed by atoms with Crippen molar-refractivity contribution in [3.63, 3.8) is 0 Å². The first-order valence-corrected chi connectivity index (χ1v) is 9.15. The average molecular weight is 341 g/mol. The molecule has 1 aromatic rings. The first kappa shape index (κ1) is 17.9. The minimum absolute atomic E-state index is 0.0572. The van der Waals surface area contributed by atoms with Crippen LogP contribution in [0.25, 0.3) is 0 Å². The number of methoxy groups -OCH3 is 1. The highest BCUT2D eigenvalue weighted by Crippen LogP contribution is 2.25. The summed E-state index contributed by atoms with van der Waals surface area (Å²) in [6.45, 7) is 5.02. The molecule has 0 aliphatic carbocycles. The van der Waals surface area contributed by atoms with E-state index in [1.165, 1.54) is 23.5 Å². The third kappa shape index (κ3) is 3.91.